The highest BCUT2D eigenvalue weighted by molar-refractivity contribution is 5.71. The molecule has 98 valence electrons. The van der Waals surface area contributed by atoms with Gasteiger partial charge in [0.05, 0.1) is 0 Å². The molecule has 1 N–H and O–H groups in total. The van der Waals surface area contributed by atoms with Crippen molar-refractivity contribution in [2.75, 3.05) is 11.9 Å². The molecule has 19 heavy (non-hydrogen) atoms. The second-order valence-electron chi connectivity index (χ2n) is 5.91. The molecule has 2 aliphatic carbocycles. The maximum absolute atomic E-state index is 4.51. The molecule has 0 aliphatic heterocycles. The van der Waals surface area contributed by atoms with Crippen molar-refractivity contribution in [1.29, 1.82) is 0 Å². The highest BCUT2D eigenvalue weighted by Crippen LogP contribution is 2.48. The number of anilines is 1. The first-order valence-electron chi connectivity index (χ1n) is 7.20. The summed E-state index contributed by atoms with van der Waals surface area (Å²) >= 11 is 0. The lowest BCUT2D eigenvalue weighted by molar-refractivity contribution is 0.348. The molecule has 0 saturated heterocycles. The van der Waals surface area contributed by atoms with Gasteiger partial charge in [0.25, 0.3) is 0 Å². The lowest BCUT2D eigenvalue weighted by Crippen LogP contribution is -2.20. The van der Waals surface area contributed by atoms with Crippen molar-refractivity contribution in [2.45, 2.75) is 25.7 Å². The summed E-state index contributed by atoms with van der Waals surface area (Å²) in [4.78, 5) is 13.0. The Morgan fingerprint density at radius 2 is 2.05 bits per heavy atom. The van der Waals surface area contributed by atoms with E-state index in [9.17, 15) is 0 Å². The summed E-state index contributed by atoms with van der Waals surface area (Å²) in [5, 5.41) is 3.48. The van der Waals surface area contributed by atoms with E-state index in [2.05, 4.69) is 20.3 Å². The van der Waals surface area contributed by atoms with Gasteiger partial charge < -0.3 is 5.32 Å². The second-order valence-corrected chi connectivity index (χ2v) is 5.91. The van der Waals surface area contributed by atoms with E-state index in [1.54, 1.807) is 12.4 Å². The molecule has 4 rings (SSSR count). The summed E-state index contributed by atoms with van der Waals surface area (Å²) in [5.74, 6) is 3.74. The Balaban J connectivity index is 1.46. The number of pyridine rings is 1. The molecule has 0 amide bonds. The van der Waals surface area contributed by atoms with Gasteiger partial charge in [-0.05, 0) is 49.1 Å². The van der Waals surface area contributed by atoms with Gasteiger partial charge in [0.1, 0.15) is 11.3 Å². The zero-order valence-corrected chi connectivity index (χ0v) is 10.9. The molecule has 2 aromatic rings. The molecule has 3 atom stereocenters. The number of hydrogen-bond donors (Lipinski definition) is 1. The van der Waals surface area contributed by atoms with Crippen LogP contribution >= 0.6 is 0 Å². The first-order chi connectivity index (χ1) is 9.38. The molecule has 0 radical (unpaired) electrons. The molecule has 0 aromatic carbocycles. The van der Waals surface area contributed by atoms with Crippen molar-refractivity contribution in [3.8, 4) is 0 Å². The van der Waals surface area contributed by atoms with Crippen LogP contribution in [-0.2, 0) is 0 Å². The monoisotopic (exact) mass is 254 g/mol. The van der Waals surface area contributed by atoms with Gasteiger partial charge in [-0.15, -0.1) is 0 Å². The van der Waals surface area contributed by atoms with Crippen LogP contribution in [-0.4, -0.2) is 21.5 Å². The van der Waals surface area contributed by atoms with Gasteiger partial charge in [-0.1, -0.05) is 6.42 Å². The van der Waals surface area contributed by atoms with Crippen LogP contribution in [0, 0.1) is 17.8 Å². The third kappa shape index (κ3) is 2.05. The van der Waals surface area contributed by atoms with Gasteiger partial charge >= 0.3 is 0 Å². The van der Waals surface area contributed by atoms with Gasteiger partial charge in [-0.3, -0.25) is 4.98 Å². The molecule has 4 heteroatoms. The standard InChI is InChI=1S/C15H18N4/c1-2-11-7-10(1)8-12(11)9-18-14-4-3-13-15(19-14)17-6-5-16-13/h3-6,10-12H,1-2,7-9H2,(H,17,18,19). The highest BCUT2D eigenvalue weighted by atomic mass is 15.0. The fourth-order valence-electron chi connectivity index (χ4n) is 3.81. The predicted octanol–water partition coefficient (Wildman–Crippen LogP) is 2.87. The van der Waals surface area contributed by atoms with E-state index >= 15 is 0 Å². The minimum atomic E-state index is 0.723. The number of nitrogens with one attached hydrogen (secondary N) is 1. The third-order valence-corrected chi connectivity index (χ3v) is 4.76. The molecular weight excluding hydrogens is 236 g/mol. The van der Waals surface area contributed by atoms with E-state index in [1.165, 1.54) is 25.7 Å². The van der Waals surface area contributed by atoms with E-state index in [-0.39, 0.29) is 0 Å². The Hall–Kier alpha value is -1.71. The number of aromatic nitrogens is 3. The van der Waals surface area contributed by atoms with Crippen molar-refractivity contribution in [3.05, 3.63) is 24.5 Å². The Bertz CT molecular complexity index is 597. The fraction of sp³-hybridized carbons (Fsp3) is 0.533. The quantitative estimate of drug-likeness (QED) is 0.915. The van der Waals surface area contributed by atoms with Crippen LogP contribution in [0.5, 0.6) is 0 Å². The zero-order valence-electron chi connectivity index (χ0n) is 10.9. The van der Waals surface area contributed by atoms with Crippen LogP contribution in [0.1, 0.15) is 25.7 Å². The highest BCUT2D eigenvalue weighted by Gasteiger charge is 2.39. The molecule has 2 aliphatic rings. The maximum Gasteiger partial charge on any atom is 0.180 e. The van der Waals surface area contributed by atoms with Crippen molar-refractivity contribution >= 4 is 17.0 Å². The van der Waals surface area contributed by atoms with Crippen LogP contribution in [0.2, 0.25) is 0 Å². The SMILES string of the molecule is c1cnc2nc(NCC3CC4CCC3C4)ccc2n1. The molecule has 3 unspecified atom stereocenters. The average Bonchev–Trinajstić information content (AvgIpc) is 3.07. The van der Waals surface area contributed by atoms with Crippen LogP contribution in [0.25, 0.3) is 11.2 Å². The second kappa shape index (κ2) is 4.44. The van der Waals surface area contributed by atoms with Crippen LogP contribution in [0.15, 0.2) is 24.5 Å². The van der Waals surface area contributed by atoms with Gasteiger partial charge in [0, 0.05) is 18.9 Å². The van der Waals surface area contributed by atoms with Crippen molar-refractivity contribution in [3.63, 3.8) is 0 Å². The number of nitrogens with zero attached hydrogens (tertiary/aromatic N) is 3. The number of fused-ring (bicyclic) bond motifs is 3. The molecule has 2 saturated carbocycles. The summed E-state index contributed by atoms with van der Waals surface area (Å²) < 4.78 is 0. The summed E-state index contributed by atoms with van der Waals surface area (Å²) in [7, 11) is 0. The lowest BCUT2D eigenvalue weighted by atomic mass is 9.89. The van der Waals surface area contributed by atoms with Gasteiger partial charge in [-0.2, -0.15) is 0 Å². The minimum absolute atomic E-state index is 0.723. The Morgan fingerprint density at radius 1 is 1.11 bits per heavy atom. The van der Waals surface area contributed by atoms with E-state index in [4.69, 9.17) is 0 Å². The Kier molecular flexibility index (Phi) is 2.60. The first kappa shape index (κ1) is 11.1. The van der Waals surface area contributed by atoms with Crippen molar-refractivity contribution < 1.29 is 0 Å². The van der Waals surface area contributed by atoms with Gasteiger partial charge in [0.2, 0.25) is 0 Å². The topological polar surface area (TPSA) is 50.7 Å². The molecular formula is C15H18N4. The van der Waals surface area contributed by atoms with E-state index in [1.807, 2.05) is 12.1 Å². The molecule has 2 fully saturated rings. The molecule has 2 heterocycles. The Morgan fingerprint density at radius 3 is 2.89 bits per heavy atom. The molecule has 2 aromatic heterocycles. The number of rotatable bonds is 3. The summed E-state index contributed by atoms with van der Waals surface area (Å²) in [6.07, 6.45) is 9.16. The summed E-state index contributed by atoms with van der Waals surface area (Å²) in [5.41, 5.74) is 1.58. The third-order valence-electron chi connectivity index (χ3n) is 4.76. The largest absolute Gasteiger partial charge is 0.370 e. The summed E-state index contributed by atoms with van der Waals surface area (Å²) in [6.45, 7) is 1.06. The Labute approximate surface area is 112 Å². The fourth-order valence-corrected chi connectivity index (χ4v) is 3.81. The lowest BCUT2D eigenvalue weighted by Gasteiger charge is -2.22. The average molecular weight is 254 g/mol. The van der Waals surface area contributed by atoms with Crippen LogP contribution < -0.4 is 5.32 Å². The minimum Gasteiger partial charge on any atom is -0.370 e. The van der Waals surface area contributed by atoms with Gasteiger partial charge in [-0.25, -0.2) is 9.97 Å². The zero-order chi connectivity index (χ0) is 12.7. The normalized spacial score (nSPS) is 28.9. The van der Waals surface area contributed by atoms with Crippen LogP contribution in [0.3, 0.4) is 0 Å². The molecule has 2 bridgehead atoms. The van der Waals surface area contributed by atoms with Crippen molar-refractivity contribution in [2.24, 2.45) is 17.8 Å². The van der Waals surface area contributed by atoms with Crippen LogP contribution in [0.4, 0.5) is 5.82 Å². The van der Waals surface area contributed by atoms with E-state index in [0.717, 1.165) is 41.3 Å². The summed E-state index contributed by atoms with van der Waals surface area (Å²) in [6, 6.07) is 3.99. The first-order valence-corrected chi connectivity index (χ1v) is 7.20. The number of hydrogen-bond acceptors (Lipinski definition) is 4. The van der Waals surface area contributed by atoms with E-state index in [0.29, 0.717) is 0 Å². The van der Waals surface area contributed by atoms with E-state index < -0.39 is 0 Å². The van der Waals surface area contributed by atoms with Gasteiger partial charge in [0.15, 0.2) is 5.65 Å². The smallest absolute Gasteiger partial charge is 0.180 e. The molecule has 4 nitrogen and oxygen atoms in total. The van der Waals surface area contributed by atoms with Crippen molar-refractivity contribution in [1.82, 2.24) is 15.0 Å². The predicted molar refractivity (Wildman–Crippen MR) is 74.8 cm³/mol. The maximum atomic E-state index is 4.51. The molecule has 0 spiro atoms.